The van der Waals surface area contributed by atoms with Crippen LogP contribution in [-0.2, 0) is 0 Å². The van der Waals surface area contributed by atoms with Crippen LogP contribution in [0.3, 0.4) is 0 Å². The molecule has 0 fully saturated rings. The summed E-state index contributed by atoms with van der Waals surface area (Å²) in [6, 6.07) is 6.03. The summed E-state index contributed by atoms with van der Waals surface area (Å²) in [5.41, 5.74) is 0.916. The van der Waals surface area contributed by atoms with Crippen molar-refractivity contribution in [1.29, 1.82) is 0 Å². The maximum Gasteiger partial charge on any atom is 0.573 e. The number of alkyl halides is 3. The zero-order valence-electron chi connectivity index (χ0n) is 11.4. The lowest BCUT2D eigenvalue weighted by Crippen LogP contribution is -2.25. The van der Waals surface area contributed by atoms with Crippen molar-refractivity contribution in [2.24, 2.45) is 5.41 Å². The molecule has 110 valence electrons. The number of rotatable bonds is 2. The van der Waals surface area contributed by atoms with Gasteiger partial charge in [-0.2, -0.15) is 0 Å². The van der Waals surface area contributed by atoms with E-state index in [1.54, 1.807) is 18.2 Å². The third kappa shape index (κ3) is 3.76. The zero-order valence-corrected chi connectivity index (χ0v) is 11.4. The minimum Gasteiger partial charge on any atom is -0.405 e. The molecule has 0 bridgehead atoms. The van der Waals surface area contributed by atoms with Crippen LogP contribution in [0.1, 0.15) is 32.3 Å². The first-order valence-corrected chi connectivity index (χ1v) is 6.40. The van der Waals surface area contributed by atoms with E-state index < -0.39 is 12.5 Å². The molecule has 0 saturated carbocycles. The van der Waals surface area contributed by atoms with E-state index in [2.05, 4.69) is 4.74 Å². The summed E-state index contributed by atoms with van der Waals surface area (Å²) in [5, 5.41) is 9.86. The fraction of sp³-hybridized carbons (Fsp3) is 0.467. The van der Waals surface area contributed by atoms with Crippen molar-refractivity contribution in [2.75, 3.05) is 0 Å². The van der Waals surface area contributed by atoms with Crippen LogP contribution in [-0.4, -0.2) is 17.6 Å². The molecule has 0 amide bonds. The highest BCUT2D eigenvalue weighted by atomic mass is 19.4. The lowest BCUT2D eigenvalue weighted by Gasteiger charge is -2.33. The molecule has 1 aromatic carbocycles. The minimum absolute atomic E-state index is 0.158. The van der Waals surface area contributed by atoms with Crippen LogP contribution in [0.15, 0.2) is 30.3 Å². The molecule has 1 unspecified atom stereocenters. The number of ether oxygens (including phenoxy) is 1. The van der Waals surface area contributed by atoms with Crippen LogP contribution in [0, 0.1) is 5.41 Å². The van der Waals surface area contributed by atoms with Gasteiger partial charge in [-0.15, -0.1) is 13.2 Å². The van der Waals surface area contributed by atoms with Crippen LogP contribution < -0.4 is 4.74 Å². The van der Waals surface area contributed by atoms with Gasteiger partial charge < -0.3 is 9.84 Å². The van der Waals surface area contributed by atoms with Crippen LogP contribution in [0.4, 0.5) is 13.2 Å². The van der Waals surface area contributed by atoms with Gasteiger partial charge in [-0.1, -0.05) is 38.1 Å². The summed E-state index contributed by atoms with van der Waals surface area (Å²) in [6.45, 7) is 3.97. The normalized spacial score (nSPS) is 22.3. The van der Waals surface area contributed by atoms with E-state index in [0.29, 0.717) is 24.0 Å². The van der Waals surface area contributed by atoms with Gasteiger partial charge in [0.2, 0.25) is 0 Å². The smallest absolute Gasteiger partial charge is 0.405 e. The Bertz CT molecular complexity index is 518. The van der Waals surface area contributed by atoms with E-state index in [1.165, 1.54) is 12.1 Å². The third-order valence-corrected chi connectivity index (χ3v) is 3.28. The van der Waals surface area contributed by atoms with E-state index in [9.17, 15) is 18.3 Å². The summed E-state index contributed by atoms with van der Waals surface area (Å²) in [5.74, 6) is -0.226. The SMILES string of the molecule is CC1(C)CC(c2ccccc2OC(F)(F)F)=CC(O)C1. The molecule has 0 spiro atoms. The first kappa shape index (κ1) is 14.9. The minimum atomic E-state index is -4.72. The van der Waals surface area contributed by atoms with Crippen LogP contribution >= 0.6 is 0 Å². The molecule has 0 heterocycles. The Morgan fingerprint density at radius 3 is 2.50 bits per heavy atom. The monoisotopic (exact) mass is 286 g/mol. The van der Waals surface area contributed by atoms with Gasteiger partial charge >= 0.3 is 6.36 Å². The Balaban J connectivity index is 2.38. The number of halogens is 3. The first-order valence-electron chi connectivity index (χ1n) is 6.40. The predicted octanol–water partition coefficient (Wildman–Crippen LogP) is 4.15. The number of para-hydroxylation sites is 1. The van der Waals surface area contributed by atoms with Gasteiger partial charge in [0.1, 0.15) is 5.75 Å². The Kier molecular flexibility index (Phi) is 3.82. The molecule has 1 aliphatic carbocycles. The fourth-order valence-corrected chi connectivity index (χ4v) is 2.63. The lowest BCUT2D eigenvalue weighted by molar-refractivity contribution is -0.274. The molecule has 0 saturated heterocycles. The second-order valence-corrected chi connectivity index (χ2v) is 5.85. The zero-order chi connectivity index (χ0) is 15.0. The predicted molar refractivity (Wildman–Crippen MR) is 70.1 cm³/mol. The van der Waals surface area contributed by atoms with E-state index >= 15 is 0 Å². The molecule has 20 heavy (non-hydrogen) atoms. The van der Waals surface area contributed by atoms with Crippen molar-refractivity contribution in [3.05, 3.63) is 35.9 Å². The number of aliphatic hydroxyl groups excluding tert-OH is 1. The lowest BCUT2D eigenvalue weighted by atomic mass is 9.74. The number of allylic oxidation sites excluding steroid dienone is 1. The molecule has 0 radical (unpaired) electrons. The number of aliphatic hydroxyl groups is 1. The summed E-state index contributed by atoms with van der Waals surface area (Å²) >= 11 is 0. The summed E-state index contributed by atoms with van der Waals surface area (Å²) in [6.07, 6.45) is -2.56. The molecular weight excluding hydrogens is 269 g/mol. The molecule has 2 nitrogen and oxygen atoms in total. The van der Waals surface area contributed by atoms with Crippen molar-refractivity contribution >= 4 is 5.57 Å². The summed E-state index contributed by atoms with van der Waals surface area (Å²) < 4.78 is 41.3. The van der Waals surface area contributed by atoms with Gasteiger partial charge in [-0.3, -0.25) is 0 Å². The van der Waals surface area contributed by atoms with E-state index in [-0.39, 0.29) is 11.2 Å². The highest BCUT2D eigenvalue weighted by molar-refractivity contribution is 5.72. The average Bonchev–Trinajstić information content (AvgIpc) is 2.24. The van der Waals surface area contributed by atoms with Crippen molar-refractivity contribution < 1.29 is 23.0 Å². The topological polar surface area (TPSA) is 29.5 Å². The number of hydrogen-bond donors (Lipinski definition) is 1. The quantitative estimate of drug-likeness (QED) is 0.885. The molecule has 2 rings (SSSR count). The first-order chi connectivity index (χ1) is 9.16. The Morgan fingerprint density at radius 2 is 1.90 bits per heavy atom. The number of benzene rings is 1. The van der Waals surface area contributed by atoms with E-state index in [0.717, 1.165) is 0 Å². The standard InChI is InChI=1S/C15H17F3O2/c1-14(2)8-10(7-11(19)9-14)12-5-3-4-6-13(12)20-15(16,17)18/h3-7,11,19H,8-9H2,1-2H3. The van der Waals surface area contributed by atoms with Crippen molar-refractivity contribution in [3.8, 4) is 5.75 Å². The van der Waals surface area contributed by atoms with Crippen LogP contribution in [0.5, 0.6) is 5.75 Å². The largest absolute Gasteiger partial charge is 0.573 e. The molecule has 0 aliphatic heterocycles. The molecule has 5 heteroatoms. The number of hydrogen-bond acceptors (Lipinski definition) is 2. The second kappa shape index (κ2) is 5.13. The average molecular weight is 286 g/mol. The molecule has 1 atom stereocenters. The molecule has 1 aliphatic rings. The Hall–Kier alpha value is -1.49. The molecular formula is C15H17F3O2. The Labute approximate surface area is 115 Å². The van der Waals surface area contributed by atoms with Gasteiger partial charge in [0.05, 0.1) is 6.10 Å². The van der Waals surface area contributed by atoms with E-state index in [1.807, 2.05) is 13.8 Å². The summed E-state index contributed by atoms with van der Waals surface area (Å²) in [4.78, 5) is 0. The second-order valence-electron chi connectivity index (χ2n) is 5.85. The van der Waals surface area contributed by atoms with Gasteiger partial charge in [0.25, 0.3) is 0 Å². The van der Waals surface area contributed by atoms with Crippen LogP contribution in [0.2, 0.25) is 0 Å². The Morgan fingerprint density at radius 1 is 1.25 bits per heavy atom. The van der Waals surface area contributed by atoms with Gasteiger partial charge in [-0.05, 0) is 29.9 Å². The van der Waals surface area contributed by atoms with Crippen molar-refractivity contribution in [1.82, 2.24) is 0 Å². The molecule has 1 N–H and O–H groups in total. The molecule has 1 aromatic rings. The van der Waals surface area contributed by atoms with Crippen molar-refractivity contribution in [3.63, 3.8) is 0 Å². The van der Waals surface area contributed by atoms with Gasteiger partial charge in [-0.25, -0.2) is 0 Å². The highest BCUT2D eigenvalue weighted by Gasteiger charge is 2.34. The van der Waals surface area contributed by atoms with Crippen molar-refractivity contribution in [2.45, 2.75) is 39.2 Å². The summed E-state index contributed by atoms with van der Waals surface area (Å²) in [7, 11) is 0. The van der Waals surface area contributed by atoms with Crippen LogP contribution in [0.25, 0.3) is 5.57 Å². The maximum absolute atomic E-state index is 12.4. The maximum atomic E-state index is 12.4. The van der Waals surface area contributed by atoms with Gasteiger partial charge in [0.15, 0.2) is 0 Å². The molecule has 0 aromatic heterocycles. The van der Waals surface area contributed by atoms with Gasteiger partial charge in [0, 0.05) is 5.56 Å². The third-order valence-electron chi connectivity index (χ3n) is 3.28. The fourth-order valence-electron chi connectivity index (χ4n) is 2.63. The highest BCUT2D eigenvalue weighted by Crippen LogP contribution is 2.42. The van der Waals surface area contributed by atoms with E-state index in [4.69, 9.17) is 0 Å².